The van der Waals surface area contributed by atoms with Crippen molar-refractivity contribution >= 4 is 0 Å². The van der Waals surface area contributed by atoms with E-state index in [0.29, 0.717) is 5.69 Å². The highest BCUT2D eigenvalue weighted by Crippen LogP contribution is 2.22. The molecule has 0 bridgehead atoms. The zero-order valence-corrected chi connectivity index (χ0v) is 10.3. The van der Waals surface area contributed by atoms with Gasteiger partial charge in [-0.3, -0.25) is 0 Å². The molecule has 0 aliphatic carbocycles. The van der Waals surface area contributed by atoms with Crippen LogP contribution in [0.4, 0.5) is 0 Å². The van der Waals surface area contributed by atoms with Gasteiger partial charge in [-0.15, -0.1) is 0 Å². The lowest BCUT2D eigenvalue weighted by atomic mass is 10.1. The Bertz CT molecular complexity index is 634. The lowest BCUT2D eigenvalue weighted by Gasteiger charge is -2.10. The molecule has 1 aliphatic rings. The van der Waals surface area contributed by atoms with E-state index in [1.54, 1.807) is 4.68 Å². The quantitative estimate of drug-likeness (QED) is 0.822. The van der Waals surface area contributed by atoms with Crippen molar-refractivity contribution in [3.63, 3.8) is 0 Å². The Kier molecular flexibility index (Phi) is 2.62. The van der Waals surface area contributed by atoms with E-state index in [2.05, 4.69) is 16.5 Å². The van der Waals surface area contributed by atoms with Crippen LogP contribution in [0.25, 0.3) is 5.69 Å². The molecule has 0 radical (unpaired) electrons. The third-order valence-electron chi connectivity index (χ3n) is 3.36. The number of nitriles is 1. The first-order chi connectivity index (χ1) is 8.81. The van der Waals surface area contributed by atoms with Gasteiger partial charge >= 0.3 is 0 Å². The second kappa shape index (κ2) is 4.28. The van der Waals surface area contributed by atoms with Crippen molar-refractivity contribution in [2.24, 2.45) is 0 Å². The Labute approximate surface area is 106 Å². The Hall–Kier alpha value is -2.12. The highest BCUT2D eigenvalue weighted by atomic mass is 15.3. The topological polar surface area (TPSA) is 53.6 Å². The van der Waals surface area contributed by atoms with E-state index >= 15 is 0 Å². The van der Waals surface area contributed by atoms with E-state index < -0.39 is 0 Å². The maximum Gasteiger partial charge on any atom is 0.147 e. The Balaban J connectivity index is 2.22. The average molecular weight is 238 g/mol. The Morgan fingerprint density at radius 2 is 2.22 bits per heavy atom. The molecular weight excluding hydrogens is 224 g/mol. The van der Waals surface area contributed by atoms with Crippen LogP contribution in [-0.4, -0.2) is 16.3 Å². The van der Waals surface area contributed by atoms with Gasteiger partial charge in [0.25, 0.3) is 0 Å². The molecule has 1 aromatic heterocycles. The fraction of sp³-hybridized carbons (Fsp3) is 0.286. The molecule has 2 heterocycles. The summed E-state index contributed by atoms with van der Waals surface area (Å²) in [5.74, 6) is 0. The van der Waals surface area contributed by atoms with Crippen LogP contribution in [0.3, 0.4) is 0 Å². The fourth-order valence-corrected chi connectivity index (χ4v) is 2.41. The minimum absolute atomic E-state index is 0.681. The van der Waals surface area contributed by atoms with E-state index in [1.807, 2.05) is 31.2 Å². The summed E-state index contributed by atoms with van der Waals surface area (Å²) < 4.78 is 1.78. The van der Waals surface area contributed by atoms with Crippen LogP contribution in [0.1, 0.15) is 22.5 Å². The standard InChI is InChI=1S/C14H14N4/c1-10-4-2-3-5-13(10)18-14(8-15)11-6-7-16-9-12(11)17-18/h2-5,16H,6-7,9H2,1H3. The number of nitrogens with one attached hydrogen (secondary N) is 1. The number of rotatable bonds is 1. The third-order valence-corrected chi connectivity index (χ3v) is 3.36. The second-order valence-electron chi connectivity index (χ2n) is 4.51. The Morgan fingerprint density at radius 1 is 1.39 bits per heavy atom. The first-order valence-corrected chi connectivity index (χ1v) is 6.09. The summed E-state index contributed by atoms with van der Waals surface area (Å²) in [7, 11) is 0. The predicted octanol–water partition coefficient (Wildman–Crippen LogP) is 1.70. The summed E-state index contributed by atoms with van der Waals surface area (Å²) in [5, 5.41) is 17.3. The minimum atomic E-state index is 0.681. The number of fused-ring (bicyclic) bond motifs is 1. The van der Waals surface area contributed by atoms with Gasteiger partial charge in [-0.25, -0.2) is 4.68 Å². The van der Waals surface area contributed by atoms with Gasteiger partial charge in [0.1, 0.15) is 11.8 Å². The molecule has 4 nitrogen and oxygen atoms in total. The molecule has 0 saturated heterocycles. The molecule has 0 atom stereocenters. The van der Waals surface area contributed by atoms with Crippen LogP contribution < -0.4 is 5.32 Å². The highest BCUT2D eigenvalue weighted by molar-refractivity contribution is 5.47. The van der Waals surface area contributed by atoms with Crippen molar-refractivity contribution in [2.75, 3.05) is 6.54 Å². The minimum Gasteiger partial charge on any atom is -0.311 e. The van der Waals surface area contributed by atoms with E-state index in [1.165, 1.54) is 0 Å². The zero-order chi connectivity index (χ0) is 12.5. The largest absolute Gasteiger partial charge is 0.311 e. The summed E-state index contributed by atoms with van der Waals surface area (Å²) in [4.78, 5) is 0. The van der Waals surface area contributed by atoms with Gasteiger partial charge in [0.05, 0.1) is 11.4 Å². The van der Waals surface area contributed by atoms with Crippen molar-refractivity contribution in [3.05, 3.63) is 46.8 Å². The monoisotopic (exact) mass is 238 g/mol. The number of aromatic nitrogens is 2. The van der Waals surface area contributed by atoms with Gasteiger partial charge in [0, 0.05) is 12.1 Å². The summed E-state index contributed by atoms with van der Waals surface area (Å²) >= 11 is 0. The Morgan fingerprint density at radius 3 is 3.00 bits per heavy atom. The van der Waals surface area contributed by atoms with Crippen LogP contribution in [0, 0.1) is 18.3 Å². The molecule has 3 rings (SSSR count). The fourth-order valence-electron chi connectivity index (χ4n) is 2.41. The number of aryl methyl sites for hydroxylation is 1. The van der Waals surface area contributed by atoms with Gasteiger partial charge in [0.2, 0.25) is 0 Å². The van der Waals surface area contributed by atoms with E-state index in [9.17, 15) is 5.26 Å². The molecule has 1 N–H and O–H groups in total. The molecule has 1 aromatic carbocycles. The van der Waals surface area contributed by atoms with Crippen molar-refractivity contribution in [1.29, 1.82) is 5.26 Å². The number of hydrogen-bond acceptors (Lipinski definition) is 3. The van der Waals surface area contributed by atoms with Crippen LogP contribution in [0.5, 0.6) is 0 Å². The smallest absolute Gasteiger partial charge is 0.147 e. The number of nitrogens with zero attached hydrogens (tertiary/aromatic N) is 3. The molecule has 90 valence electrons. The summed E-state index contributed by atoms with van der Waals surface area (Å²) in [6.45, 7) is 3.71. The number of hydrogen-bond donors (Lipinski definition) is 1. The molecular formula is C14H14N4. The average Bonchev–Trinajstić information content (AvgIpc) is 2.77. The highest BCUT2D eigenvalue weighted by Gasteiger charge is 2.21. The van der Waals surface area contributed by atoms with Crippen molar-refractivity contribution in [3.8, 4) is 11.8 Å². The molecule has 4 heteroatoms. The molecule has 0 saturated carbocycles. The zero-order valence-electron chi connectivity index (χ0n) is 10.3. The molecule has 0 fully saturated rings. The molecule has 2 aromatic rings. The van der Waals surface area contributed by atoms with E-state index in [4.69, 9.17) is 0 Å². The van der Waals surface area contributed by atoms with Gasteiger partial charge in [0.15, 0.2) is 0 Å². The normalized spacial score (nSPS) is 14.0. The SMILES string of the molecule is Cc1ccccc1-n1nc2c(c1C#N)CCNC2. The van der Waals surface area contributed by atoms with Gasteiger partial charge in [-0.2, -0.15) is 10.4 Å². The molecule has 0 amide bonds. The summed E-state index contributed by atoms with van der Waals surface area (Å²) in [5.41, 5.74) is 4.90. The maximum absolute atomic E-state index is 9.38. The first-order valence-electron chi connectivity index (χ1n) is 6.09. The van der Waals surface area contributed by atoms with Crippen LogP contribution in [-0.2, 0) is 13.0 Å². The lowest BCUT2D eigenvalue weighted by Crippen LogP contribution is -2.23. The van der Waals surface area contributed by atoms with Crippen molar-refractivity contribution in [1.82, 2.24) is 15.1 Å². The van der Waals surface area contributed by atoms with Crippen LogP contribution >= 0.6 is 0 Å². The number of benzene rings is 1. The van der Waals surface area contributed by atoms with E-state index in [0.717, 1.165) is 42.0 Å². The predicted molar refractivity (Wildman–Crippen MR) is 68.4 cm³/mol. The molecule has 1 aliphatic heterocycles. The maximum atomic E-state index is 9.38. The van der Waals surface area contributed by atoms with Crippen LogP contribution in [0.2, 0.25) is 0 Å². The van der Waals surface area contributed by atoms with Crippen molar-refractivity contribution in [2.45, 2.75) is 19.9 Å². The van der Waals surface area contributed by atoms with E-state index in [-0.39, 0.29) is 0 Å². The summed E-state index contributed by atoms with van der Waals surface area (Å²) in [6.07, 6.45) is 0.879. The number of para-hydroxylation sites is 1. The van der Waals surface area contributed by atoms with Gasteiger partial charge in [-0.1, -0.05) is 18.2 Å². The summed E-state index contributed by atoms with van der Waals surface area (Å²) in [6, 6.07) is 10.3. The van der Waals surface area contributed by atoms with Gasteiger partial charge < -0.3 is 5.32 Å². The second-order valence-corrected chi connectivity index (χ2v) is 4.51. The molecule has 0 spiro atoms. The lowest BCUT2D eigenvalue weighted by molar-refractivity contribution is 0.629. The molecule has 18 heavy (non-hydrogen) atoms. The first kappa shape index (κ1) is 11.0. The van der Waals surface area contributed by atoms with Crippen molar-refractivity contribution < 1.29 is 0 Å². The van der Waals surface area contributed by atoms with Crippen LogP contribution in [0.15, 0.2) is 24.3 Å². The molecule has 0 unspecified atom stereocenters. The third kappa shape index (κ3) is 1.60. The van der Waals surface area contributed by atoms with Gasteiger partial charge in [-0.05, 0) is 31.5 Å².